The number of aromatic nitrogens is 1. The van der Waals surface area contributed by atoms with Crippen LogP contribution in [0.25, 0.3) is 10.4 Å². The summed E-state index contributed by atoms with van der Waals surface area (Å²) < 4.78 is 11.9. The molecule has 0 saturated carbocycles. The molecule has 3 fully saturated rings. The van der Waals surface area contributed by atoms with Crippen molar-refractivity contribution in [1.82, 2.24) is 30.3 Å². The number of hydrogen-bond acceptors (Lipinski definition) is 13. The van der Waals surface area contributed by atoms with Gasteiger partial charge in [-0.3, -0.25) is 34.9 Å². The topological polar surface area (TPSA) is 231 Å². The molecule has 7 rings (SSSR count). The van der Waals surface area contributed by atoms with Crippen LogP contribution in [0.1, 0.15) is 101 Å². The maximum atomic E-state index is 14.1. The maximum Gasteiger partial charge on any atom is 0.245 e. The number of nitrogens with zero attached hydrogens (tertiary/aromatic N) is 5. The molecule has 3 aliphatic rings. The van der Waals surface area contributed by atoms with Crippen molar-refractivity contribution in [1.29, 1.82) is 10.8 Å². The Kier molecular flexibility index (Phi) is 19.0. The molecule has 7 N–H and O–H groups in total. The lowest BCUT2D eigenvalue weighted by Crippen LogP contribution is -2.56. The second-order valence-electron chi connectivity index (χ2n) is 20.7. The van der Waals surface area contributed by atoms with Gasteiger partial charge in [0.25, 0.3) is 0 Å². The van der Waals surface area contributed by atoms with Crippen LogP contribution in [0.15, 0.2) is 90.1 Å². The molecular weight excluding hydrogens is 957 g/mol. The minimum absolute atomic E-state index is 0.00569. The Morgan fingerprint density at radius 2 is 1.59 bits per heavy atom. The number of likely N-dealkylation sites (tertiary alicyclic amines) is 2. The lowest BCUT2D eigenvalue weighted by atomic mass is 9.85. The van der Waals surface area contributed by atoms with Gasteiger partial charge in [-0.15, -0.1) is 11.3 Å². The van der Waals surface area contributed by atoms with E-state index < -0.39 is 11.5 Å². The number of piperidine rings is 1. The van der Waals surface area contributed by atoms with Crippen molar-refractivity contribution in [3.63, 3.8) is 0 Å². The molecule has 18 heteroatoms. The van der Waals surface area contributed by atoms with Crippen molar-refractivity contribution < 1.29 is 33.8 Å². The highest BCUT2D eigenvalue weighted by atomic mass is 32.1. The van der Waals surface area contributed by atoms with E-state index in [1.807, 2.05) is 57.2 Å². The first-order chi connectivity index (χ1) is 35.4. The van der Waals surface area contributed by atoms with Gasteiger partial charge in [0.05, 0.1) is 47.5 Å². The third kappa shape index (κ3) is 15.0. The van der Waals surface area contributed by atoms with Crippen molar-refractivity contribution >= 4 is 52.2 Å². The number of allylic oxidation sites excluding steroid dienone is 1. The lowest BCUT2D eigenvalue weighted by Gasteiger charge is -2.36. The number of amides is 4. The second-order valence-corrected chi connectivity index (χ2v) is 21.5. The minimum Gasteiger partial charge on any atom is -0.507 e. The molecule has 0 bridgehead atoms. The molecule has 1 unspecified atom stereocenters. The summed E-state index contributed by atoms with van der Waals surface area (Å²) in [5.41, 5.74) is 12.8. The zero-order valence-electron chi connectivity index (χ0n) is 43.5. The number of amidine groups is 1. The number of phenolic OH excluding ortho intramolecular Hbond substituents is 1. The molecule has 3 aliphatic heterocycles. The number of para-hydroxylation sites is 1. The second kappa shape index (κ2) is 25.5. The van der Waals surface area contributed by atoms with Gasteiger partial charge in [-0.25, -0.2) is 4.98 Å². The molecule has 3 aromatic carbocycles. The number of rotatable bonds is 21. The third-order valence-electron chi connectivity index (χ3n) is 14.1. The molecule has 17 nitrogen and oxygen atoms in total. The van der Waals surface area contributed by atoms with Crippen LogP contribution in [-0.2, 0) is 35.2 Å². The van der Waals surface area contributed by atoms with Gasteiger partial charge in [0.1, 0.15) is 17.9 Å². The number of piperazine rings is 1. The van der Waals surface area contributed by atoms with Gasteiger partial charge in [0.2, 0.25) is 23.6 Å². The van der Waals surface area contributed by atoms with Gasteiger partial charge in [-0.2, -0.15) is 0 Å². The van der Waals surface area contributed by atoms with Crippen molar-refractivity contribution in [3.8, 4) is 16.2 Å². The fourth-order valence-corrected chi connectivity index (χ4v) is 10.7. The van der Waals surface area contributed by atoms with E-state index in [4.69, 9.17) is 26.0 Å². The third-order valence-corrected chi connectivity index (χ3v) is 15.0. The van der Waals surface area contributed by atoms with E-state index in [1.54, 1.807) is 34.4 Å². The van der Waals surface area contributed by atoms with Crippen molar-refractivity contribution in [2.45, 2.75) is 110 Å². The quantitative estimate of drug-likeness (QED) is 0.0217. The van der Waals surface area contributed by atoms with Gasteiger partial charge < -0.3 is 45.6 Å². The first-order valence-electron chi connectivity index (χ1n) is 25.8. The summed E-state index contributed by atoms with van der Waals surface area (Å²) in [6.07, 6.45) is 4.83. The van der Waals surface area contributed by atoms with E-state index in [1.165, 1.54) is 12.1 Å². The van der Waals surface area contributed by atoms with Crippen LogP contribution >= 0.6 is 11.3 Å². The van der Waals surface area contributed by atoms with E-state index in [-0.39, 0.29) is 97.3 Å². The van der Waals surface area contributed by atoms with Crippen molar-refractivity contribution in [2.24, 2.45) is 11.1 Å². The SMILES string of the molecule is Cc1ncsc1-c1ccc([C@H](C)NC(=O)C[C@@H]2CCCN2C(=O)[C@@H](NC(=O)CCOCCC(=O)N2CCN(c3ccc(CN4CCCC(O/C(=C/C(=N)c5ccccc5O)C(=N)N)C4)cc3)CC2)C(C)(C)C)cc1. The molecule has 4 heterocycles. The number of hydrogen-bond donors (Lipinski definition) is 6. The molecule has 74 heavy (non-hydrogen) atoms. The zero-order chi connectivity index (χ0) is 52.9. The van der Waals surface area contributed by atoms with Gasteiger partial charge in [-0.05, 0) is 92.4 Å². The van der Waals surface area contributed by atoms with Crippen LogP contribution in [0.3, 0.4) is 0 Å². The fourth-order valence-electron chi connectivity index (χ4n) is 9.87. The number of aromatic hydroxyl groups is 1. The normalized spacial score (nSPS) is 18.4. The Hall–Kier alpha value is -6.63. The zero-order valence-corrected chi connectivity index (χ0v) is 44.3. The molecule has 4 amide bonds. The molecule has 396 valence electrons. The van der Waals surface area contributed by atoms with Crippen molar-refractivity contribution in [2.75, 3.05) is 63.9 Å². The van der Waals surface area contributed by atoms with Gasteiger partial charge in [0, 0.05) is 82.0 Å². The number of phenols is 1. The van der Waals surface area contributed by atoms with E-state index >= 15 is 0 Å². The van der Waals surface area contributed by atoms with Crippen LogP contribution < -0.4 is 21.3 Å². The van der Waals surface area contributed by atoms with Crippen LogP contribution in [0.4, 0.5) is 5.69 Å². The molecule has 4 atom stereocenters. The van der Waals surface area contributed by atoms with Gasteiger partial charge in [-0.1, -0.05) is 69.3 Å². The van der Waals surface area contributed by atoms with E-state index in [0.717, 1.165) is 65.3 Å². The largest absolute Gasteiger partial charge is 0.507 e. The van der Waals surface area contributed by atoms with Crippen LogP contribution in [-0.4, -0.2) is 137 Å². The fraction of sp³-hybridized carbons (Fsp3) is 0.482. The Balaban J connectivity index is 0.784. The number of anilines is 1. The summed E-state index contributed by atoms with van der Waals surface area (Å²) in [4.78, 5) is 67.5. The average molecular weight is 1030 g/mol. The predicted octanol–water partition coefficient (Wildman–Crippen LogP) is 6.93. The number of thiazole rings is 1. The Morgan fingerprint density at radius 3 is 2.27 bits per heavy atom. The number of ether oxygens (including phenoxy) is 2. The summed E-state index contributed by atoms with van der Waals surface area (Å²) in [5.74, 6) is -0.799. The monoisotopic (exact) mass is 1030 g/mol. The Morgan fingerprint density at radius 1 is 0.892 bits per heavy atom. The summed E-state index contributed by atoms with van der Waals surface area (Å²) >= 11 is 1.60. The molecule has 0 radical (unpaired) electrons. The summed E-state index contributed by atoms with van der Waals surface area (Å²) in [6.45, 7) is 15.4. The van der Waals surface area contributed by atoms with Crippen LogP contribution in [0.5, 0.6) is 5.75 Å². The molecular formula is C56H74N10O7S. The van der Waals surface area contributed by atoms with Gasteiger partial charge >= 0.3 is 0 Å². The predicted molar refractivity (Wildman–Crippen MR) is 289 cm³/mol. The highest BCUT2D eigenvalue weighted by Crippen LogP contribution is 2.30. The van der Waals surface area contributed by atoms with Crippen LogP contribution in [0.2, 0.25) is 0 Å². The Bertz CT molecular complexity index is 2620. The van der Waals surface area contributed by atoms with E-state index in [2.05, 4.69) is 61.8 Å². The first-order valence-corrected chi connectivity index (χ1v) is 26.7. The number of aryl methyl sites for hydroxylation is 1. The van der Waals surface area contributed by atoms with Gasteiger partial charge in [0.15, 0.2) is 11.6 Å². The van der Waals surface area contributed by atoms with Crippen molar-refractivity contribution in [3.05, 3.63) is 113 Å². The molecule has 0 spiro atoms. The highest BCUT2D eigenvalue weighted by Gasteiger charge is 2.40. The first kappa shape index (κ1) is 55.1. The molecule has 4 aromatic rings. The Labute approximate surface area is 439 Å². The lowest BCUT2D eigenvalue weighted by molar-refractivity contribution is -0.141. The molecule has 3 saturated heterocycles. The standard InChI is InChI=1S/C56H74N10O7S/c1-37(40-16-18-41(19-17-40)52-38(2)60-36-74-52)61-50(69)32-43-10-8-25-66(43)55(71)53(56(3,4)5)62-49(68)22-30-72-31-23-51(70)65-28-26-64(27-29-65)42-20-14-39(15-21-42)34-63-24-9-11-44(35-63)73-48(54(58)59)33-46(57)45-12-6-7-13-47(45)67/h6-7,12-21,33,36-37,43-44,53,57,67H,8-11,22-32,34-35H2,1-5H3,(H3,58,59)(H,61,69)(H,62,68)/b48-33+,57-46?/t37-,43-,44?,53+/m0/s1. The number of nitrogens with two attached hydrogens (primary N) is 1. The number of carbonyl (C=O) groups is 4. The van der Waals surface area contributed by atoms with Crippen LogP contribution in [0, 0.1) is 23.2 Å². The molecule has 0 aliphatic carbocycles. The number of nitrogens with one attached hydrogen (secondary N) is 4. The summed E-state index contributed by atoms with van der Waals surface area (Å²) in [5, 5.41) is 32.8. The molecule has 1 aromatic heterocycles. The summed E-state index contributed by atoms with van der Waals surface area (Å²) in [6, 6.07) is 21.9. The number of carbonyl (C=O) groups excluding carboxylic acids is 4. The number of benzene rings is 3. The maximum absolute atomic E-state index is 14.1. The minimum atomic E-state index is -0.787. The van der Waals surface area contributed by atoms with E-state index in [9.17, 15) is 24.3 Å². The smallest absolute Gasteiger partial charge is 0.245 e. The highest BCUT2D eigenvalue weighted by molar-refractivity contribution is 7.13. The average Bonchev–Trinajstić information content (AvgIpc) is 4.03. The summed E-state index contributed by atoms with van der Waals surface area (Å²) in [7, 11) is 0. The van der Waals surface area contributed by atoms with E-state index in [0.29, 0.717) is 51.3 Å².